The molecule has 0 aliphatic rings. The molecule has 0 bridgehead atoms. The van der Waals surface area contributed by atoms with Crippen molar-refractivity contribution in [2.75, 3.05) is 6.54 Å². The third-order valence-corrected chi connectivity index (χ3v) is 4.33. The normalized spacial score (nSPS) is 11.8. The second-order valence-corrected chi connectivity index (χ2v) is 7.05. The van der Waals surface area contributed by atoms with Gasteiger partial charge in [0.15, 0.2) is 0 Å². The van der Waals surface area contributed by atoms with Crippen LogP contribution in [0.25, 0.3) is 0 Å². The molecule has 0 heterocycles. The monoisotopic (exact) mass is 372 g/mol. The molecule has 2 aromatic carbocycles. The molecule has 0 aliphatic heterocycles. The molecular weight excluding hydrogens is 348 g/mol. The van der Waals surface area contributed by atoms with Crippen LogP contribution in [-0.4, -0.2) is 18.4 Å². The quantitative estimate of drug-likeness (QED) is 0.723. The summed E-state index contributed by atoms with van der Waals surface area (Å²) in [5, 5.41) is 6.21. The molecule has 1 unspecified atom stereocenters. The van der Waals surface area contributed by atoms with E-state index in [0.29, 0.717) is 16.5 Å². The van der Waals surface area contributed by atoms with Crippen molar-refractivity contribution in [3.63, 3.8) is 0 Å². The van der Waals surface area contributed by atoms with Crippen molar-refractivity contribution in [2.45, 2.75) is 32.7 Å². The van der Waals surface area contributed by atoms with E-state index >= 15 is 0 Å². The van der Waals surface area contributed by atoms with Crippen LogP contribution in [0.2, 0.25) is 5.02 Å². The van der Waals surface area contributed by atoms with Crippen molar-refractivity contribution in [1.82, 2.24) is 10.6 Å². The van der Waals surface area contributed by atoms with Gasteiger partial charge in [0, 0.05) is 13.0 Å². The molecule has 0 saturated carbocycles. The zero-order chi connectivity index (χ0) is 18.9. The molecule has 138 valence electrons. The smallest absolute Gasteiger partial charge is 0.252 e. The molecule has 5 heteroatoms. The van der Waals surface area contributed by atoms with Crippen LogP contribution < -0.4 is 10.6 Å². The predicted octanol–water partition coefficient (Wildman–Crippen LogP) is 4.36. The van der Waals surface area contributed by atoms with Gasteiger partial charge in [0.1, 0.15) is 0 Å². The maximum absolute atomic E-state index is 12.3. The molecule has 2 amide bonds. The Bertz CT molecular complexity index is 732. The first kappa shape index (κ1) is 20.0. The molecule has 0 saturated heterocycles. The van der Waals surface area contributed by atoms with Crippen molar-refractivity contribution in [3.8, 4) is 0 Å². The number of hydrogen-bond acceptors (Lipinski definition) is 2. The van der Waals surface area contributed by atoms with E-state index in [1.807, 2.05) is 30.3 Å². The van der Waals surface area contributed by atoms with Crippen LogP contribution >= 0.6 is 11.6 Å². The summed E-state index contributed by atoms with van der Waals surface area (Å²) in [7, 11) is 0. The Balaban J connectivity index is 1.86. The molecule has 1 atom stereocenters. The SMILES string of the molecule is CC(C)CC(NC(=O)CCNC(=O)c1ccccc1Cl)c1ccccc1. The minimum absolute atomic E-state index is 0.0250. The maximum atomic E-state index is 12.3. The van der Waals surface area contributed by atoms with Gasteiger partial charge in [0.25, 0.3) is 5.91 Å². The molecule has 2 aromatic rings. The van der Waals surface area contributed by atoms with Gasteiger partial charge in [0.05, 0.1) is 16.6 Å². The Hall–Kier alpha value is -2.33. The molecule has 4 nitrogen and oxygen atoms in total. The van der Waals surface area contributed by atoms with E-state index in [2.05, 4.69) is 24.5 Å². The summed E-state index contributed by atoms with van der Waals surface area (Å²) < 4.78 is 0. The summed E-state index contributed by atoms with van der Waals surface area (Å²) in [6.45, 7) is 4.52. The standard InChI is InChI=1S/C21H25ClN2O2/c1-15(2)14-19(16-8-4-3-5-9-16)24-20(25)12-13-23-21(26)17-10-6-7-11-18(17)22/h3-11,15,19H,12-14H2,1-2H3,(H,23,26)(H,24,25). The maximum Gasteiger partial charge on any atom is 0.252 e. The highest BCUT2D eigenvalue weighted by Crippen LogP contribution is 2.21. The van der Waals surface area contributed by atoms with Gasteiger partial charge in [0.2, 0.25) is 5.91 Å². The van der Waals surface area contributed by atoms with Crippen LogP contribution in [-0.2, 0) is 4.79 Å². The fourth-order valence-corrected chi connectivity index (χ4v) is 2.95. The van der Waals surface area contributed by atoms with Crippen LogP contribution in [0.4, 0.5) is 0 Å². The highest BCUT2D eigenvalue weighted by molar-refractivity contribution is 6.33. The minimum atomic E-state index is -0.273. The zero-order valence-corrected chi connectivity index (χ0v) is 15.9. The van der Waals surface area contributed by atoms with Crippen molar-refractivity contribution >= 4 is 23.4 Å². The Morgan fingerprint density at radius 3 is 2.31 bits per heavy atom. The third-order valence-electron chi connectivity index (χ3n) is 4.00. The Morgan fingerprint density at radius 1 is 1.00 bits per heavy atom. The van der Waals surface area contributed by atoms with E-state index in [4.69, 9.17) is 11.6 Å². The van der Waals surface area contributed by atoms with E-state index < -0.39 is 0 Å². The summed E-state index contributed by atoms with van der Waals surface area (Å²) in [6, 6.07) is 16.8. The number of halogens is 1. The molecule has 0 fully saturated rings. The molecule has 0 aromatic heterocycles. The van der Waals surface area contributed by atoms with Crippen LogP contribution in [0, 0.1) is 5.92 Å². The van der Waals surface area contributed by atoms with Crippen LogP contribution in [0.1, 0.15) is 48.7 Å². The second kappa shape index (κ2) is 9.97. The first-order chi connectivity index (χ1) is 12.5. The van der Waals surface area contributed by atoms with Gasteiger partial charge >= 0.3 is 0 Å². The lowest BCUT2D eigenvalue weighted by molar-refractivity contribution is -0.121. The lowest BCUT2D eigenvalue weighted by Crippen LogP contribution is -2.33. The van der Waals surface area contributed by atoms with Gasteiger partial charge in [-0.3, -0.25) is 9.59 Å². The largest absolute Gasteiger partial charge is 0.351 e. The van der Waals surface area contributed by atoms with Gasteiger partial charge in [-0.15, -0.1) is 0 Å². The van der Waals surface area contributed by atoms with E-state index in [-0.39, 0.29) is 30.8 Å². The number of hydrogen-bond donors (Lipinski definition) is 2. The van der Waals surface area contributed by atoms with Gasteiger partial charge in [-0.1, -0.05) is 67.9 Å². The van der Waals surface area contributed by atoms with E-state index in [1.54, 1.807) is 24.3 Å². The fourth-order valence-electron chi connectivity index (χ4n) is 2.73. The number of benzene rings is 2. The number of rotatable bonds is 8. The van der Waals surface area contributed by atoms with E-state index in [1.165, 1.54) is 0 Å². The average Bonchev–Trinajstić information content (AvgIpc) is 2.62. The van der Waals surface area contributed by atoms with Gasteiger partial charge in [-0.2, -0.15) is 0 Å². The molecule has 0 spiro atoms. The Kier molecular flexibility index (Phi) is 7.67. The highest BCUT2D eigenvalue weighted by atomic mass is 35.5. The lowest BCUT2D eigenvalue weighted by Gasteiger charge is -2.21. The summed E-state index contributed by atoms with van der Waals surface area (Å²) in [5.41, 5.74) is 1.51. The van der Waals surface area contributed by atoms with Crippen LogP contribution in [0.15, 0.2) is 54.6 Å². The highest BCUT2D eigenvalue weighted by Gasteiger charge is 2.16. The molecule has 2 N–H and O–H groups in total. The number of carbonyl (C=O) groups is 2. The number of amides is 2. The van der Waals surface area contributed by atoms with Crippen molar-refractivity contribution in [3.05, 3.63) is 70.7 Å². The molecule has 0 radical (unpaired) electrons. The van der Waals surface area contributed by atoms with Gasteiger partial charge in [-0.05, 0) is 30.0 Å². The summed E-state index contributed by atoms with van der Waals surface area (Å²) in [6.07, 6.45) is 1.08. The molecule has 26 heavy (non-hydrogen) atoms. The first-order valence-electron chi connectivity index (χ1n) is 8.84. The van der Waals surface area contributed by atoms with Gasteiger partial charge < -0.3 is 10.6 Å². The predicted molar refractivity (Wildman–Crippen MR) is 105 cm³/mol. The lowest BCUT2D eigenvalue weighted by atomic mass is 9.97. The summed E-state index contributed by atoms with van der Waals surface area (Å²) in [4.78, 5) is 24.4. The molecule has 0 aliphatic carbocycles. The summed E-state index contributed by atoms with van der Waals surface area (Å²) >= 11 is 6.01. The number of carbonyl (C=O) groups excluding carboxylic acids is 2. The van der Waals surface area contributed by atoms with Crippen LogP contribution in [0.5, 0.6) is 0 Å². The topological polar surface area (TPSA) is 58.2 Å². The van der Waals surface area contributed by atoms with Crippen molar-refractivity contribution in [1.29, 1.82) is 0 Å². The number of nitrogens with one attached hydrogen (secondary N) is 2. The van der Waals surface area contributed by atoms with Gasteiger partial charge in [-0.25, -0.2) is 0 Å². The van der Waals surface area contributed by atoms with Crippen molar-refractivity contribution in [2.24, 2.45) is 5.92 Å². The third kappa shape index (κ3) is 6.19. The Morgan fingerprint density at radius 2 is 1.65 bits per heavy atom. The zero-order valence-electron chi connectivity index (χ0n) is 15.2. The van der Waals surface area contributed by atoms with E-state index in [9.17, 15) is 9.59 Å². The molecule has 2 rings (SSSR count). The van der Waals surface area contributed by atoms with Crippen LogP contribution in [0.3, 0.4) is 0 Å². The summed E-state index contributed by atoms with van der Waals surface area (Å²) in [5.74, 6) is 0.101. The minimum Gasteiger partial charge on any atom is -0.351 e. The average molecular weight is 373 g/mol. The fraction of sp³-hybridized carbons (Fsp3) is 0.333. The molecular formula is C21H25ClN2O2. The van der Waals surface area contributed by atoms with E-state index in [0.717, 1.165) is 12.0 Å². The first-order valence-corrected chi connectivity index (χ1v) is 9.22. The Labute approximate surface area is 159 Å². The van der Waals surface area contributed by atoms with Crippen molar-refractivity contribution < 1.29 is 9.59 Å². The second-order valence-electron chi connectivity index (χ2n) is 6.65.